The Bertz CT molecular complexity index is 1750. The van der Waals surface area contributed by atoms with Crippen molar-refractivity contribution in [3.63, 3.8) is 0 Å². The molecule has 5 heterocycles. The number of thiophene rings is 2. The molecule has 9 heteroatoms. The number of hydrogen-bond donors (Lipinski definition) is 0. The lowest BCUT2D eigenvalue weighted by molar-refractivity contribution is -0.121. The Hall–Kier alpha value is -4.21. The van der Waals surface area contributed by atoms with Crippen molar-refractivity contribution < 1.29 is 19.1 Å². The molecule has 0 N–H and O–H groups in total. The average molecular weight is 654 g/mol. The van der Waals surface area contributed by atoms with Gasteiger partial charge in [-0.15, -0.1) is 22.7 Å². The van der Waals surface area contributed by atoms with Gasteiger partial charge in [0.25, 0.3) is 12.9 Å². The molecule has 5 rings (SSSR count). The quantitative estimate of drug-likeness (QED) is 0.0686. The maximum absolute atomic E-state index is 11.3. The Morgan fingerprint density at radius 2 is 1.33 bits per heavy atom. The van der Waals surface area contributed by atoms with Crippen LogP contribution in [0.5, 0.6) is 11.5 Å². The maximum Gasteiger partial charge on any atom is 0.298 e. The molecule has 0 bridgehead atoms. The van der Waals surface area contributed by atoms with Gasteiger partial charge in [-0.05, 0) is 78.1 Å². The summed E-state index contributed by atoms with van der Waals surface area (Å²) in [6.45, 7) is 5.24. The van der Waals surface area contributed by atoms with Gasteiger partial charge < -0.3 is 9.47 Å². The third-order valence-electron chi connectivity index (χ3n) is 7.77. The number of unbranched alkanes of at least 4 members (excludes halogenated alkanes) is 6. The van der Waals surface area contributed by atoms with Crippen molar-refractivity contribution in [1.29, 1.82) is 0 Å². The zero-order valence-electron chi connectivity index (χ0n) is 26.4. The fourth-order valence-electron chi connectivity index (χ4n) is 5.38. The molecule has 0 aliphatic carbocycles. The van der Waals surface area contributed by atoms with Crippen LogP contribution in [0.2, 0.25) is 0 Å². The first-order valence-corrected chi connectivity index (χ1v) is 17.7. The molecule has 0 fully saturated rings. The van der Waals surface area contributed by atoms with Gasteiger partial charge >= 0.3 is 0 Å². The summed E-state index contributed by atoms with van der Waals surface area (Å²) in [7, 11) is 0. The summed E-state index contributed by atoms with van der Waals surface area (Å²) in [6.07, 6.45) is 15.5. The van der Waals surface area contributed by atoms with Crippen LogP contribution in [0.15, 0.2) is 66.3 Å². The molecule has 0 amide bonds. The summed E-state index contributed by atoms with van der Waals surface area (Å²) in [5.74, 6) is 0.639. The highest BCUT2D eigenvalue weighted by Gasteiger charge is 2.17. The molecule has 0 spiro atoms. The molecule has 0 aliphatic heterocycles. The van der Waals surface area contributed by atoms with Crippen LogP contribution in [-0.4, -0.2) is 27.9 Å². The van der Waals surface area contributed by atoms with Gasteiger partial charge in [-0.25, -0.2) is 4.98 Å². The fourth-order valence-corrected chi connectivity index (χ4v) is 7.69. The van der Waals surface area contributed by atoms with Crippen LogP contribution >= 0.6 is 22.7 Å². The summed E-state index contributed by atoms with van der Waals surface area (Å²) in [6, 6.07) is 15.3. The Balaban J connectivity index is 1.47. The van der Waals surface area contributed by atoms with Crippen molar-refractivity contribution in [3.8, 4) is 54.5 Å². The number of aryl methyl sites for hydroxylation is 2. The highest BCUT2D eigenvalue weighted by atomic mass is 32.1. The van der Waals surface area contributed by atoms with Gasteiger partial charge in [0.1, 0.15) is 11.5 Å². The summed E-state index contributed by atoms with van der Waals surface area (Å²) in [5.41, 5.74) is 5.98. The second-order valence-corrected chi connectivity index (χ2v) is 13.2. The predicted molar refractivity (Wildman–Crippen MR) is 186 cm³/mol. The van der Waals surface area contributed by atoms with E-state index in [2.05, 4.69) is 41.3 Å². The Morgan fingerprint density at radius 1 is 0.674 bits per heavy atom. The smallest absolute Gasteiger partial charge is 0.298 e. The van der Waals surface area contributed by atoms with Crippen LogP contribution in [0.4, 0.5) is 0 Å². The molecule has 0 aromatic carbocycles. The largest absolute Gasteiger partial charge is 0.429 e. The minimum atomic E-state index is 0.307. The van der Waals surface area contributed by atoms with Gasteiger partial charge in [-0.3, -0.25) is 19.6 Å². The summed E-state index contributed by atoms with van der Waals surface area (Å²) < 4.78 is 10.2. The van der Waals surface area contributed by atoms with Crippen LogP contribution in [0, 0.1) is 0 Å². The molecule has 0 saturated heterocycles. The van der Waals surface area contributed by atoms with Crippen LogP contribution in [0.1, 0.15) is 76.3 Å². The standard InChI is InChI=1S/C37H39N3O4S2/c1-3-5-7-9-11-26-17-36(45-23-26)37-28(12-10-8-6-4-2)19-35(46-37)27-13-15-38-31(18-27)33-21-30(44-25-42)22-34(40-33)32-20-29(43-24-41)14-16-39-32/h13-25H,3-12H2,1-2H3. The number of carbonyl (C=O) groups excluding carboxylic acids is 2. The molecule has 46 heavy (non-hydrogen) atoms. The predicted octanol–water partition coefficient (Wildman–Crippen LogP) is 9.98. The average Bonchev–Trinajstić information content (AvgIpc) is 3.73. The van der Waals surface area contributed by atoms with Crippen molar-refractivity contribution in [2.24, 2.45) is 0 Å². The lowest BCUT2D eigenvalue weighted by Crippen LogP contribution is -1.97. The van der Waals surface area contributed by atoms with E-state index in [4.69, 9.17) is 14.5 Å². The number of carbonyl (C=O) groups is 2. The van der Waals surface area contributed by atoms with E-state index in [1.54, 1.807) is 30.5 Å². The van der Waals surface area contributed by atoms with E-state index < -0.39 is 0 Å². The molecular weight excluding hydrogens is 615 g/mol. The van der Waals surface area contributed by atoms with Gasteiger partial charge in [0, 0.05) is 45.2 Å². The van der Waals surface area contributed by atoms with Crippen LogP contribution in [-0.2, 0) is 22.4 Å². The lowest BCUT2D eigenvalue weighted by Gasteiger charge is -2.09. The van der Waals surface area contributed by atoms with E-state index in [1.165, 1.54) is 83.3 Å². The SMILES string of the molecule is CCCCCCc1csc(-c2sc(-c3ccnc(-c4cc(OC=O)cc(-c5cc(OC=O)ccn5)n4)c3)cc2CCCCCC)c1. The number of ether oxygens (including phenoxy) is 2. The van der Waals surface area contributed by atoms with Gasteiger partial charge in [-0.2, -0.15) is 0 Å². The minimum absolute atomic E-state index is 0.307. The van der Waals surface area contributed by atoms with Gasteiger partial charge in [0.05, 0.1) is 22.8 Å². The van der Waals surface area contributed by atoms with Crippen molar-refractivity contribution >= 4 is 35.6 Å². The highest BCUT2D eigenvalue weighted by molar-refractivity contribution is 7.23. The summed E-state index contributed by atoms with van der Waals surface area (Å²) >= 11 is 3.69. The lowest BCUT2D eigenvalue weighted by atomic mass is 10.0. The monoisotopic (exact) mass is 653 g/mol. The summed E-state index contributed by atoms with van der Waals surface area (Å²) in [5, 5.41) is 2.33. The van der Waals surface area contributed by atoms with Gasteiger partial charge in [0.15, 0.2) is 0 Å². The van der Waals surface area contributed by atoms with E-state index in [0.29, 0.717) is 47.2 Å². The van der Waals surface area contributed by atoms with Crippen LogP contribution in [0.3, 0.4) is 0 Å². The maximum atomic E-state index is 11.3. The number of hydrogen-bond acceptors (Lipinski definition) is 9. The van der Waals surface area contributed by atoms with Gasteiger partial charge in [-0.1, -0.05) is 52.4 Å². The molecule has 0 radical (unpaired) electrons. The van der Waals surface area contributed by atoms with Crippen molar-refractivity contribution in [3.05, 3.63) is 77.4 Å². The van der Waals surface area contributed by atoms with E-state index in [0.717, 1.165) is 18.4 Å². The molecule has 5 aromatic heterocycles. The zero-order chi connectivity index (χ0) is 32.1. The van der Waals surface area contributed by atoms with Gasteiger partial charge in [0.2, 0.25) is 0 Å². The Labute approximate surface area is 278 Å². The Kier molecular flexibility index (Phi) is 12.2. The molecular formula is C37H39N3O4S2. The third kappa shape index (κ3) is 8.73. The van der Waals surface area contributed by atoms with E-state index in [-0.39, 0.29) is 0 Å². The molecule has 0 aliphatic rings. The highest BCUT2D eigenvalue weighted by Crippen LogP contribution is 2.42. The van der Waals surface area contributed by atoms with E-state index >= 15 is 0 Å². The summed E-state index contributed by atoms with van der Waals surface area (Å²) in [4.78, 5) is 39.8. The molecule has 7 nitrogen and oxygen atoms in total. The van der Waals surface area contributed by atoms with E-state index in [1.807, 2.05) is 34.8 Å². The first-order chi connectivity index (χ1) is 22.6. The molecule has 0 atom stereocenters. The number of aromatic nitrogens is 3. The normalized spacial score (nSPS) is 11.0. The number of rotatable bonds is 18. The molecule has 0 saturated carbocycles. The third-order valence-corrected chi connectivity index (χ3v) is 10.2. The first-order valence-electron chi connectivity index (χ1n) is 16.0. The minimum Gasteiger partial charge on any atom is -0.429 e. The first kappa shape index (κ1) is 33.2. The van der Waals surface area contributed by atoms with E-state index in [9.17, 15) is 9.59 Å². The molecule has 0 unspecified atom stereocenters. The van der Waals surface area contributed by atoms with Crippen molar-refractivity contribution in [2.75, 3.05) is 0 Å². The fraction of sp³-hybridized carbons (Fsp3) is 0.324. The zero-order valence-corrected chi connectivity index (χ0v) is 28.0. The second kappa shape index (κ2) is 16.9. The van der Waals surface area contributed by atoms with Crippen LogP contribution < -0.4 is 9.47 Å². The number of pyridine rings is 3. The second-order valence-electron chi connectivity index (χ2n) is 11.2. The van der Waals surface area contributed by atoms with Crippen molar-refractivity contribution in [1.82, 2.24) is 15.0 Å². The topological polar surface area (TPSA) is 91.3 Å². The van der Waals surface area contributed by atoms with Crippen LogP contribution in [0.25, 0.3) is 43.0 Å². The Morgan fingerprint density at radius 3 is 2.04 bits per heavy atom. The number of nitrogens with zero attached hydrogens (tertiary/aromatic N) is 3. The molecule has 238 valence electrons. The van der Waals surface area contributed by atoms with Crippen molar-refractivity contribution in [2.45, 2.75) is 78.1 Å². The molecule has 5 aromatic rings.